The molecule has 0 radical (unpaired) electrons. The highest BCUT2D eigenvalue weighted by molar-refractivity contribution is 7.44. The highest BCUT2D eigenvalue weighted by Gasteiger charge is 2.40. The lowest BCUT2D eigenvalue weighted by Crippen LogP contribution is -2.35. The fourth-order valence-electron chi connectivity index (χ4n) is 6.20. The molecule has 1 aromatic carbocycles. The van der Waals surface area contributed by atoms with Gasteiger partial charge >= 0.3 is 5.63 Å². The molecule has 0 spiro atoms. The van der Waals surface area contributed by atoms with Crippen molar-refractivity contribution in [2.45, 2.75) is 97.1 Å². The molecule has 0 bridgehead atoms. The van der Waals surface area contributed by atoms with E-state index in [4.69, 9.17) is 26.1 Å². The second kappa shape index (κ2) is 11.6. The van der Waals surface area contributed by atoms with Gasteiger partial charge in [-0.25, -0.2) is 16.0 Å². The fourth-order valence-corrected chi connectivity index (χ4v) is 7.95. The Morgan fingerprint density at radius 1 is 1.24 bits per heavy atom. The molecule has 0 saturated carbocycles. The first kappa shape index (κ1) is 26.2. The Morgan fingerprint density at radius 3 is 2.71 bits per heavy atom. The van der Waals surface area contributed by atoms with Gasteiger partial charge < -0.3 is 27.9 Å². The molecule has 9 heteroatoms. The standard InChI is InChI=1S/C29H40N3O5P/c1-18(2)32(19(3)4)38(34-14-11-30-6)37-25-17-26(35-20(25)5)23-16-27(33)36-29-22-10-8-13-31-12-7-9-21(28(22)31)15-24(23)29/h15-16,18-20,25-26H,7-14,17H2,1-5H3/t20-,25?,26-,38?/m1/s1/i5D. The molecule has 1 aromatic heterocycles. The number of rotatable bonds is 9. The van der Waals surface area contributed by atoms with Crippen LogP contribution in [0.1, 0.15) is 78.0 Å². The Hall–Kier alpha value is -2.01. The van der Waals surface area contributed by atoms with E-state index in [0.29, 0.717) is 18.6 Å². The first-order valence-electron chi connectivity index (χ1n) is 14.6. The zero-order chi connectivity index (χ0) is 27.7. The number of benzene rings is 1. The quantitative estimate of drug-likeness (QED) is 0.166. The molecule has 0 aliphatic carbocycles. The number of hydrogen-bond acceptors (Lipinski definition) is 7. The molecular formula is C29H40N3O5P. The van der Waals surface area contributed by atoms with Crippen LogP contribution in [0.15, 0.2) is 21.3 Å². The van der Waals surface area contributed by atoms with E-state index in [1.54, 1.807) is 6.07 Å². The molecular weight excluding hydrogens is 501 g/mol. The first-order chi connectivity index (χ1) is 18.8. The van der Waals surface area contributed by atoms with Crippen molar-refractivity contribution in [1.29, 1.82) is 0 Å². The van der Waals surface area contributed by atoms with E-state index in [1.807, 2.05) is 0 Å². The molecule has 0 amide bonds. The fraction of sp³-hybridized carbons (Fsp3) is 0.655. The molecule has 4 heterocycles. The van der Waals surface area contributed by atoms with Crippen LogP contribution < -0.4 is 10.5 Å². The maximum Gasteiger partial charge on any atom is 0.336 e. The number of fused-ring (bicyclic) bond motifs is 2. The summed E-state index contributed by atoms with van der Waals surface area (Å²) in [4.78, 5) is 18.7. The predicted octanol–water partition coefficient (Wildman–Crippen LogP) is 6.01. The van der Waals surface area contributed by atoms with E-state index < -0.39 is 14.6 Å². The van der Waals surface area contributed by atoms with Crippen LogP contribution in [0.4, 0.5) is 5.69 Å². The number of aryl methyl sites for hydroxylation is 2. The number of anilines is 1. The minimum atomic E-state index is -1.46. The molecule has 1 fully saturated rings. The summed E-state index contributed by atoms with van der Waals surface area (Å²) >= 11 is 0. The van der Waals surface area contributed by atoms with Gasteiger partial charge in [-0.05, 0) is 77.5 Å². The largest absolute Gasteiger partial charge is 0.422 e. The van der Waals surface area contributed by atoms with Gasteiger partial charge in [0.15, 0.2) is 0 Å². The van der Waals surface area contributed by atoms with E-state index in [0.717, 1.165) is 55.3 Å². The Balaban J connectivity index is 1.47. The minimum Gasteiger partial charge on any atom is -0.422 e. The summed E-state index contributed by atoms with van der Waals surface area (Å²) in [6, 6.07) is 4.14. The van der Waals surface area contributed by atoms with Gasteiger partial charge in [0.05, 0.1) is 18.3 Å². The van der Waals surface area contributed by atoms with Crippen molar-refractivity contribution in [2.75, 3.05) is 31.1 Å². The third-order valence-corrected chi connectivity index (χ3v) is 9.84. The molecule has 2 aromatic rings. The number of nitrogens with zero attached hydrogens (tertiary/aromatic N) is 3. The van der Waals surface area contributed by atoms with Crippen LogP contribution in [-0.2, 0) is 26.6 Å². The van der Waals surface area contributed by atoms with Crippen molar-refractivity contribution < 1.29 is 19.6 Å². The van der Waals surface area contributed by atoms with Crippen molar-refractivity contribution >= 4 is 25.2 Å². The van der Waals surface area contributed by atoms with Crippen molar-refractivity contribution in [3.8, 4) is 0 Å². The van der Waals surface area contributed by atoms with Crippen LogP contribution in [0, 0.1) is 6.57 Å². The van der Waals surface area contributed by atoms with Crippen LogP contribution in [-0.4, -0.2) is 55.2 Å². The second-order valence-electron chi connectivity index (χ2n) is 11.0. The van der Waals surface area contributed by atoms with E-state index in [2.05, 4.69) is 48.2 Å². The third kappa shape index (κ3) is 5.37. The lowest BCUT2D eigenvalue weighted by atomic mass is 9.88. The maximum atomic E-state index is 12.8. The first-order valence-corrected chi connectivity index (χ1v) is 15.0. The van der Waals surface area contributed by atoms with Gasteiger partial charge in [-0.15, -0.1) is 0 Å². The van der Waals surface area contributed by atoms with Gasteiger partial charge in [0, 0.05) is 55.7 Å². The van der Waals surface area contributed by atoms with Crippen molar-refractivity contribution in [3.63, 3.8) is 0 Å². The molecule has 206 valence electrons. The monoisotopic (exact) mass is 542 g/mol. The highest BCUT2D eigenvalue weighted by atomic mass is 31.2. The number of hydrogen-bond donors (Lipinski definition) is 0. The summed E-state index contributed by atoms with van der Waals surface area (Å²) in [6.45, 7) is 18.3. The summed E-state index contributed by atoms with van der Waals surface area (Å²) in [5, 5.41) is 0.947. The predicted molar refractivity (Wildman–Crippen MR) is 151 cm³/mol. The minimum absolute atomic E-state index is 0.0464. The van der Waals surface area contributed by atoms with Crippen molar-refractivity contribution in [1.82, 2.24) is 4.67 Å². The van der Waals surface area contributed by atoms with Crippen LogP contribution in [0.3, 0.4) is 0 Å². The molecule has 8 nitrogen and oxygen atoms in total. The molecule has 3 aliphatic heterocycles. The van der Waals surface area contributed by atoms with E-state index in [-0.39, 0.29) is 43.4 Å². The van der Waals surface area contributed by atoms with Gasteiger partial charge in [-0.3, -0.25) is 0 Å². The Kier molecular flexibility index (Phi) is 8.02. The molecule has 5 rings (SSSR count). The average Bonchev–Trinajstić information content (AvgIpc) is 3.31. The molecule has 2 unspecified atom stereocenters. The lowest BCUT2D eigenvalue weighted by molar-refractivity contribution is 0.0234. The Morgan fingerprint density at radius 2 is 2.00 bits per heavy atom. The molecule has 4 atom stereocenters. The lowest BCUT2D eigenvalue weighted by Gasteiger charge is -2.37. The summed E-state index contributed by atoms with van der Waals surface area (Å²) < 4.78 is 35.5. The topological polar surface area (TPSA) is 68.7 Å². The highest BCUT2D eigenvalue weighted by Crippen LogP contribution is 2.51. The van der Waals surface area contributed by atoms with Gasteiger partial charge in [-0.1, -0.05) is 0 Å². The smallest absolute Gasteiger partial charge is 0.336 e. The summed E-state index contributed by atoms with van der Waals surface area (Å²) in [5.74, 6) is 0. The van der Waals surface area contributed by atoms with Crippen LogP contribution in [0.25, 0.3) is 15.8 Å². The zero-order valence-electron chi connectivity index (χ0n) is 23.9. The van der Waals surface area contributed by atoms with Gasteiger partial charge in [0.25, 0.3) is 8.53 Å². The average molecular weight is 543 g/mol. The van der Waals surface area contributed by atoms with Crippen LogP contribution in [0.5, 0.6) is 0 Å². The van der Waals surface area contributed by atoms with E-state index in [1.165, 1.54) is 11.3 Å². The van der Waals surface area contributed by atoms with Gasteiger partial charge in [0.1, 0.15) is 12.2 Å². The zero-order valence-corrected chi connectivity index (χ0v) is 23.8. The molecule has 38 heavy (non-hydrogen) atoms. The third-order valence-electron chi connectivity index (χ3n) is 7.68. The van der Waals surface area contributed by atoms with Crippen LogP contribution >= 0.6 is 8.53 Å². The number of ether oxygens (including phenoxy) is 1. The normalized spacial score (nSPS) is 24.2. The SMILES string of the molecule is [2H]C[C@H]1O[C@@H](c2cc(=O)oc3c4c5c(cc23)CCCN5CCC4)CC1OP(OCC[N+]#[C-])N(C(C)C)C(C)C. The van der Waals surface area contributed by atoms with Crippen molar-refractivity contribution in [3.05, 3.63) is 50.7 Å². The van der Waals surface area contributed by atoms with Gasteiger partial charge in [-0.2, -0.15) is 0 Å². The van der Waals surface area contributed by atoms with Crippen molar-refractivity contribution in [2.24, 2.45) is 0 Å². The van der Waals surface area contributed by atoms with Crippen LogP contribution in [0.2, 0.25) is 0 Å². The Bertz CT molecular complexity index is 1270. The second-order valence-corrected chi connectivity index (χ2v) is 12.4. The maximum absolute atomic E-state index is 12.8. The molecule has 0 N–H and O–H groups in total. The van der Waals surface area contributed by atoms with E-state index in [9.17, 15) is 4.79 Å². The molecule has 1 saturated heterocycles. The Labute approximate surface area is 228 Å². The summed E-state index contributed by atoms with van der Waals surface area (Å²) in [7, 11) is -1.46. The summed E-state index contributed by atoms with van der Waals surface area (Å²) in [6.07, 6.45) is 3.44. The molecule has 3 aliphatic rings. The summed E-state index contributed by atoms with van der Waals surface area (Å²) in [5.41, 5.74) is 4.89. The van der Waals surface area contributed by atoms with E-state index >= 15 is 0 Å². The van der Waals surface area contributed by atoms with Gasteiger partial charge in [0.2, 0.25) is 6.54 Å².